The Labute approximate surface area is 350 Å². The summed E-state index contributed by atoms with van der Waals surface area (Å²) in [4.78, 5) is 68.1. The molecule has 3 aliphatic heterocycles. The summed E-state index contributed by atoms with van der Waals surface area (Å²) >= 11 is 0. The maximum atomic E-state index is 12.6. The van der Waals surface area contributed by atoms with Gasteiger partial charge in [0.05, 0.1) is 16.6 Å². The van der Waals surface area contributed by atoms with Crippen LogP contribution in [0.25, 0.3) is 43.9 Å². The predicted octanol–water partition coefficient (Wildman–Crippen LogP) is 7.03. The normalized spacial score (nSPS) is 17.8. The van der Waals surface area contributed by atoms with Gasteiger partial charge in [0.15, 0.2) is 11.6 Å². The van der Waals surface area contributed by atoms with Gasteiger partial charge in [0.2, 0.25) is 0 Å². The summed E-state index contributed by atoms with van der Waals surface area (Å²) in [7, 11) is 3.67. The van der Waals surface area contributed by atoms with E-state index in [1.807, 2.05) is 26.2 Å². The molecule has 1 saturated heterocycles. The molecule has 4 aromatic heterocycles. The van der Waals surface area contributed by atoms with Crippen molar-refractivity contribution < 1.29 is 19.2 Å². The summed E-state index contributed by atoms with van der Waals surface area (Å²) < 4.78 is 4.62. The Bertz CT molecular complexity index is 2620. The number of benzene rings is 2. The first kappa shape index (κ1) is 38.7. The van der Waals surface area contributed by atoms with Crippen LogP contribution in [0.2, 0.25) is 0 Å². The van der Waals surface area contributed by atoms with E-state index >= 15 is 0 Å². The van der Waals surface area contributed by atoms with E-state index in [1.165, 1.54) is 55.2 Å². The van der Waals surface area contributed by atoms with Gasteiger partial charge in [-0.2, -0.15) is 0 Å². The van der Waals surface area contributed by atoms with Crippen molar-refractivity contribution in [1.29, 1.82) is 0 Å². The molecule has 0 N–H and O–H groups in total. The van der Waals surface area contributed by atoms with E-state index in [0.29, 0.717) is 31.5 Å². The molecule has 12 heteroatoms. The lowest BCUT2D eigenvalue weighted by Crippen LogP contribution is -2.28. The molecule has 2 aliphatic carbocycles. The second-order valence-electron chi connectivity index (χ2n) is 17.4. The molecule has 2 amide bonds. The Morgan fingerprint density at radius 2 is 1.07 bits per heavy atom. The van der Waals surface area contributed by atoms with E-state index in [1.54, 1.807) is 22.2 Å². The number of fused-ring (bicyclic) bond motifs is 14. The van der Waals surface area contributed by atoms with Crippen LogP contribution in [-0.2, 0) is 39.0 Å². The first-order chi connectivity index (χ1) is 29.2. The third-order valence-electron chi connectivity index (χ3n) is 14.1. The van der Waals surface area contributed by atoms with E-state index < -0.39 is 0 Å². The first-order valence-electron chi connectivity index (χ1n) is 22.1. The third kappa shape index (κ3) is 6.08. The monoisotopic (exact) mass is 806 g/mol. The fourth-order valence-electron chi connectivity index (χ4n) is 10.9. The quantitative estimate of drug-likeness (QED) is 0.161. The van der Waals surface area contributed by atoms with Gasteiger partial charge in [0.25, 0.3) is 11.8 Å². The number of amides is 2. The molecule has 0 unspecified atom stereocenters. The minimum atomic E-state index is 0.0178. The molecule has 60 heavy (non-hydrogen) atoms. The number of Topliss-reactive ketones (excluding diaryl/α,β-unsaturated/α-hetero) is 2. The average Bonchev–Trinajstić information content (AvgIpc) is 4.06. The molecule has 5 aliphatic rings. The van der Waals surface area contributed by atoms with E-state index in [-0.39, 0.29) is 23.4 Å². The number of pyridine rings is 2. The number of nitrogens with zero attached hydrogens (tertiary/aromatic N) is 8. The number of aromatic nitrogens is 4. The zero-order valence-electron chi connectivity index (χ0n) is 35.4. The van der Waals surface area contributed by atoms with Gasteiger partial charge in [0.1, 0.15) is 11.3 Å². The number of carbonyl (C=O) groups is 4. The van der Waals surface area contributed by atoms with Crippen molar-refractivity contribution in [1.82, 2.24) is 38.7 Å². The number of aryl methyl sites for hydroxylation is 2. The van der Waals surface area contributed by atoms with Gasteiger partial charge in [-0.05, 0) is 98.4 Å². The Morgan fingerprint density at radius 1 is 0.550 bits per heavy atom. The lowest BCUT2D eigenvalue weighted by atomic mass is 9.99. The van der Waals surface area contributed by atoms with Crippen LogP contribution >= 0.6 is 0 Å². The number of rotatable bonds is 8. The molecule has 1 fully saturated rings. The molecule has 11 rings (SSSR count). The Hall–Kier alpha value is -5.46. The van der Waals surface area contributed by atoms with Gasteiger partial charge in [0, 0.05) is 117 Å². The number of carbonyl (C=O) groups excluding carboxylic acids is 4. The lowest BCUT2D eigenvalue weighted by molar-refractivity contribution is 0.0809. The molecule has 0 bridgehead atoms. The zero-order chi connectivity index (χ0) is 41.4. The fourth-order valence-corrected chi connectivity index (χ4v) is 10.9. The molecule has 2 aromatic carbocycles. The van der Waals surface area contributed by atoms with E-state index in [2.05, 4.69) is 44.9 Å². The van der Waals surface area contributed by atoms with Gasteiger partial charge >= 0.3 is 0 Å². The number of ketones is 2. The largest absolute Gasteiger partial charge is 0.337 e. The van der Waals surface area contributed by atoms with Crippen LogP contribution in [0.1, 0.15) is 116 Å². The second-order valence-corrected chi connectivity index (χ2v) is 17.4. The minimum Gasteiger partial charge on any atom is -0.337 e. The molecule has 0 atom stereocenters. The standard InChI is InChI=1S/C25H27N3O2.C23H27N5O2/c29-21-9-6-17-16(21)5-8-20-23(17)24-18-7-10-22(30)19(18)15-26-25(24)28(20)14-13-27-11-3-1-2-4-12-27;1-5-27(6-2)9-10-28-18-8-7-14-16(12-25(3)22(14)29)19(18)20-17-13-26(4)23(30)15(17)11-24-21(20)28/h5,8,15H,1-4,6-7,9-14H2;7-8,11H,5-6,9-10,12-13H2,1-4H3. The Morgan fingerprint density at radius 3 is 1.72 bits per heavy atom. The highest BCUT2D eigenvalue weighted by Crippen LogP contribution is 2.42. The maximum Gasteiger partial charge on any atom is 0.255 e. The summed E-state index contributed by atoms with van der Waals surface area (Å²) in [5.41, 5.74) is 11.7. The SMILES string of the molecule is CCN(CC)CCn1c2ccc3c(c2c2c4c(cnc21)C(=O)N(C)C4)CN(C)C3=O.O=C1CCc2c1ccc1c2c2c3c(cnc2n1CCN1CCCCCC1)C(=O)CC3. The second kappa shape index (κ2) is 15.2. The van der Waals surface area contributed by atoms with Crippen molar-refractivity contribution >= 4 is 67.3 Å². The molecule has 0 spiro atoms. The van der Waals surface area contributed by atoms with Crippen LogP contribution in [0.3, 0.4) is 0 Å². The minimum absolute atomic E-state index is 0.0178. The highest BCUT2D eigenvalue weighted by atomic mass is 16.2. The number of likely N-dealkylation sites (tertiary alicyclic amines) is 1. The van der Waals surface area contributed by atoms with Crippen LogP contribution in [-0.4, -0.2) is 115 Å². The number of hydrogen-bond donors (Lipinski definition) is 0. The molecule has 6 aromatic rings. The van der Waals surface area contributed by atoms with Crippen molar-refractivity contribution in [3.8, 4) is 0 Å². The Balaban J connectivity index is 0.000000144. The molecular formula is C48H54N8O4. The fraction of sp³-hybridized carbons (Fsp3) is 0.458. The zero-order valence-corrected chi connectivity index (χ0v) is 35.4. The van der Waals surface area contributed by atoms with Crippen LogP contribution < -0.4 is 0 Å². The van der Waals surface area contributed by atoms with Crippen LogP contribution in [0.15, 0.2) is 36.7 Å². The van der Waals surface area contributed by atoms with Crippen molar-refractivity contribution in [2.45, 2.75) is 91.4 Å². The van der Waals surface area contributed by atoms with Gasteiger partial charge in [-0.1, -0.05) is 26.7 Å². The molecule has 0 radical (unpaired) electrons. The number of hydrogen-bond acceptors (Lipinski definition) is 8. The molecule has 0 saturated carbocycles. The van der Waals surface area contributed by atoms with Crippen molar-refractivity contribution in [2.75, 3.05) is 53.4 Å². The van der Waals surface area contributed by atoms with Gasteiger partial charge < -0.3 is 28.7 Å². The molecule has 310 valence electrons. The molecular weight excluding hydrogens is 753 g/mol. The smallest absolute Gasteiger partial charge is 0.255 e. The Kier molecular flexibility index (Phi) is 9.82. The predicted molar refractivity (Wildman–Crippen MR) is 234 cm³/mol. The number of likely N-dealkylation sites (N-methyl/N-ethyl adjacent to an activating group) is 1. The van der Waals surface area contributed by atoms with Crippen molar-refractivity contribution in [3.05, 3.63) is 81.2 Å². The summed E-state index contributed by atoms with van der Waals surface area (Å²) in [6.07, 6.45) is 11.5. The molecule has 7 heterocycles. The lowest BCUT2D eigenvalue weighted by Gasteiger charge is -2.20. The van der Waals surface area contributed by atoms with E-state index in [0.717, 1.165) is 118 Å². The third-order valence-corrected chi connectivity index (χ3v) is 14.1. The van der Waals surface area contributed by atoms with E-state index in [4.69, 9.17) is 9.97 Å². The summed E-state index contributed by atoms with van der Waals surface area (Å²) in [6, 6.07) is 8.14. The van der Waals surface area contributed by atoms with Gasteiger partial charge in [-0.15, -0.1) is 0 Å². The average molecular weight is 807 g/mol. The highest BCUT2D eigenvalue weighted by Gasteiger charge is 2.34. The van der Waals surface area contributed by atoms with E-state index in [9.17, 15) is 19.2 Å². The summed E-state index contributed by atoms with van der Waals surface area (Å²) in [5, 5.41) is 4.45. The van der Waals surface area contributed by atoms with Crippen LogP contribution in [0, 0.1) is 0 Å². The van der Waals surface area contributed by atoms with Crippen LogP contribution in [0.4, 0.5) is 0 Å². The topological polar surface area (TPSA) is 117 Å². The molecule has 12 nitrogen and oxygen atoms in total. The first-order valence-corrected chi connectivity index (χ1v) is 22.1. The van der Waals surface area contributed by atoms with Crippen molar-refractivity contribution in [3.63, 3.8) is 0 Å². The van der Waals surface area contributed by atoms with Crippen LogP contribution in [0.5, 0.6) is 0 Å². The van der Waals surface area contributed by atoms with Gasteiger partial charge in [-0.25, -0.2) is 9.97 Å². The van der Waals surface area contributed by atoms with Gasteiger partial charge in [-0.3, -0.25) is 19.2 Å². The van der Waals surface area contributed by atoms with Crippen molar-refractivity contribution in [2.24, 2.45) is 0 Å². The maximum absolute atomic E-state index is 12.6. The highest BCUT2D eigenvalue weighted by molar-refractivity contribution is 6.19. The summed E-state index contributed by atoms with van der Waals surface area (Å²) in [5.74, 6) is 0.524. The summed E-state index contributed by atoms with van der Waals surface area (Å²) in [6.45, 7) is 13.6.